The summed E-state index contributed by atoms with van der Waals surface area (Å²) in [5.41, 5.74) is 11.7. The molecule has 182 valence electrons. The van der Waals surface area contributed by atoms with E-state index >= 15 is 0 Å². The molecule has 2 aromatic heterocycles. The second-order valence-electron chi connectivity index (χ2n) is 10.2. The molecule has 1 saturated carbocycles. The zero-order valence-electron chi connectivity index (χ0n) is 20.7. The molecule has 2 atom stereocenters. The molecule has 2 unspecified atom stereocenters. The molecule has 1 aliphatic rings. The van der Waals surface area contributed by atoms with Crippen LogP contribution in [0.3, 0.4) is 0 Å². The molecule has 4 rings (SSSR count). The maximum Gasteiger partial charge on any atom is 0.124 e. The highest BCUT2D eigenvalue weighted by atomic mass is 35.5. The standard InChI is InChI=1S/C29H39ClN4/c1-20-15-28(31)33-21(2)29(20)34-26-11-6-4-3-5-9-22(10-7-8-12-26)16-23-13-14-27-24(17-23)18-25(30)19-32-27/h13-15,17-19,22,26,34H,3-12,16H2,1-2H3,(H2,31,33). The van der Waals surface area contributed by atoms with Gasteiger partial charge in [0.1, 0.15) is 5.82 Å². The first-order valence-electron chi connectivity index (χ1n) is 13.0. The maximum absolute atomic E-state index is 6.18. The first-order chi connectivity index (χ1) is 16.5. The normalized spacial score (nSPS) is 20.4. The summed E-state index contributed by atoms with van der Waals surface area (Å²) in [5, 5.41) is 5.69. The lowest BCUT2D eigenvalue weighted by atomic mass is 9.87. The van der Waals surface area contributed by atoms with Crippen LogP contribution in [-0.4, -0.2) is 16.0 Å². The SMILES string of the molecule is Cc1cc(N)nc(C)c1NC1CCCCCCC(Cc2ccc3ncc(Cl)cc3c2)CCCC1. The van der Waals surface area contributed by atoms with E-state index in [-0.39, 0.29) is 0 Å². The summed E-state index contributed by atoms with van der Waals surface area (Å²) in [4.78, 5) is 8.92. The van der Waals surface area contributed by atoms with Gasteiger partial charge in [-0.05, 0) is 74.4 Å². The fourth-order valence-electron chi connectivity index (χ4n) is 5.54. The van der Waals surface area contributed by atoms with Crippen molar-refractivity contribution in [3.8, 4) is 0 Å². The number of benzene rings is 1. The number of nitrogen functional groups attached to an aromatic ring is 1. The number of fused-ring (bicyclic) bond motifs is 1. The minimum Gasteiger partial charge on any atom is -0.384 e. The van der Waals surface area contributed by atoms with E-state index in [0.717, 1.165) is 28.9 Å². The van der Waals surface area contributed by atoms with Gasteiger partial charge < -0.3 is 11.1 Å². The van der Waals surface area contributed by atoms with E-state index in [9.17, 15) is 0 Å². The molecule has 1 aromatic carbocycles. The minimum absolute atomic E-state index is 0.512. The average molecular weight is 479 g/mol. The summed E-state index contributed by atoms with van der Waals surface area (Å²) in [7, 11) is 0. The number of nitrogens with zero attached hydrogens (tertiary/aromatic N) is 2. The van der Waals surface area contributed by atoms with Crippen LogP contribution >= 0.6 is 11.6 Å². The zero-order valence-corrected chi connectivity index (χ0v) is 21.5. The van der Waals surface area contributed by atoms with Crippen molar-refractivity contribution in [1.29, 1.82) is 0 Å². The van der Waals surface area contributed by atoms with Gasteiger partial charge >= 0.3 is 0 Å². The highest BCUT2D eigenvalue weighted by Crippen LogP contribution is 2.28. The second kappa shape index (κ2) is 11.9. The molecule has 3 aromatic rings. The minimum atomic E-state index is 0.512. The van der Waals surface area contributed by atoms with Crippen molar-refractivity contribution in [2.24, 2.45) is 5.92 Å². The van der Waals surface area contributed by atoms with Crippen LogP contribution in [-0.2, 0) is 6.42 Å². The Morgan fingerprint density at radius 2 is 1.65 bits per heavy atom. The van der Waals surface area contributed by atoms with Crippen molar-refractivity contribution >= 4 is 34.0 Å². The van der Waals surface area contributed by atoms with Gasteiger partial charge in [-0.3, -0.25) is 4.98 Å². The van der Waals surface area contributed by atoms with Gasteiger partial charge in [0, 0.05) is 17.6 Å². The van der Waals surface area contributed by atoms with Gasteiger partial charge in [0.05, 0.1) is 21.9 Å². The van der Waals surface area contributed by atoms with E-state index in [0.29, 0.717) is 16.9 Å². The molecule has 3 N–H and O–H groups in total. The number of hydrogen-bond acceptors (Lipinski definition) is 4. The third-order valence-electron chi connectivity index (χ3n) is 7.33. The molecule has 0 bridgehead atoms. The van der Waals surface area contributed by atoms with Crippen molar-refractivity contribution in [2.75, 3.05) is 11.1 Å². The maximum atomic E-state index is 6.18. The topological polar surface area (TPSA) is 63.8 Å². The number of nitrogens with two attached hydrogens (primary N) is 1. The number of aryl methyl sites for hydroxylation is 2. The Morgan fingerprint density at radius 1 is 0.941 bits per heavy atom. The Hall–Kier alpha value is -2.33. The third kappa shape index (κ3) is 6.85. The first-order valence-corrected chi connectivity index (χ1v) is 13.4. The Morgan fingerprint density at radius 3 is 2.41 bits per heavy atom. The van der Waals surface area contributed by atoms with Gasteiger partial charge in [-0.15, -0.1) is 0 Å². The van der Waals surface area contributed by atoms with Crippen LogP contribution in [0.1, 0.15) is 81.0 Å². The predicted molar refractivity (Wildman–Crippen MR) is 146 cm³/mol. The summed E-state index contributed by atoms with van der Waals surface area (Å²) in [5.74, 6) is 1.36. The molecule has 1 aliphatic carbocycles. The predicted octanol–water partition coefficient (Wildman–Crippen LogP) is 8.04. The average Bonchev–Trinajstić information content (AvgIpc) is 2.78. The summed E-state index contributed by atoms with van der Waals surface area (Å²) in [6, 6.07) is 11.2. The van der Waals surface area contributed by atoms with Crippen molar-refractivity contribution < 1.29 is 0 Å². The van der Waals surface area contributed by atoms with Crippen LogP contribution < -0.4 is 11.1 Å². The van der Waals surface area contributed by atoms with Crippen molar-refractivity contribution in [3.05, 3.63) is 58.4 Å². The second-order valence-corrected chi connectivity index (χ2v) is 10.6. The Balaban J connectivity index is 1.37. The number of aromatic nitrogens is 2. The van der Waals surface area contributed by atoms with Gasteiger partial charge in [0.15, 0.2) is 0 Å². The highest BCUT2D eigenvalue weighted by molar-refractivity contribution is 6.31. The van der Waals surface area contributed by atoms with Gasteiger partial charge in [-0.2, -0.15) is 0 Å². The van der Waals surface area contributed by atoms with E-state index in [2.05, 4.69) is 47.3 Å². The van der Waals surface area contributed by atoms with Crippen LogP contribution in [0.4, 0.5) is 11.5 Å². The lowest BCUT2D eigenvalue weighted by Gasteiger charge is -2.24. The van der Waals surface area contributed by atoms with Crippen LogP contribution in [0.25, 0.3) is 10.9 Å². The number of halogens is 1. The Kier molecular flexibility index (Phi) is 8.66. The molecule has 4 nitrogen and oxygen atoms in total. The van der Waals surface area contributed by atoms with E-state index in [1.54, 1.807) is 6.20 Å². The monoisotopic (exact) mass is 478 g/mol. The van der Waals surface area contributed by atoms with Gasteiger partial charge in [0.2, 0.25) is 0 Å². The van der Waals surface area contributed by atoms with Gasteiger partial charge in [-0.25, -0.2) is 4.98 Å². The summed E-state index contributed by atoms with van der Waals surface area (Å²) in [6.45, 7) is 4.19. The first kappa shape index (κ1) is 24.8. The number of rotatable bonds is 4. The molecular formula is C29H39ClN4. The molecule has 0 spiro atoms. The van der Waals surface area contributed by atoms with Crippen LogP contribution in [0.5, 0.6) is 0 Å². The molecule has 0 saturated heterocycles. The summed E-state index contributed by atoms with van der Waals surface area (Å²) >= 11 is 6.18. The van der Waals surface area contributed by atoms with Crippen LogP contribution in [0.2, 0.25) is 5.02 Å². The molecule has 34 heavy (non-hydrogen) atoms. The van der Waals surface area contributed by atoms with E-state index in [1.807, 2.05) is 12.1 Å². The molecule has 0 amide bonds. The number of nitrogens with one attached hydrogen (secondary N) is 1. The molecule has 0 radical (unpaired) electrons. The number of hydrogen-bond donors (Lipinski definition) is 2. The Bertz CT molecular complexity index is 1070. The lowest BCUT2D eigenvalue weighted by molar-refractivity contribution is 0.387. The molecule has 5 heteroatoms. The lowest BCUT2D eigenvalue weighted by Crippen LogP contribution is -2.21. The quantitative estimate of drug-likeness (QED) is 0.398. The van der Waals surface area contributed by atoms with E-state index in [1.165, 1.54) is 81.0 Å². The van der Waals surface area contributed by atoms with E-state index < -0.39 is 0 Å². The summed E-state index contributed by atoms with van der Waals surface area (Å²) < 4.78 is 0. The molecule has 1 fully saturated rings. The largest absolute Gasteiger partial charge is 0.384 e. The number of anilines is 2. The molecule has 0 aliphatic heterocycles. The fraction of sp³-hybridized carbons (Fsp3) is 0.517. The number of pyridine rings is 2. The van der Waals surface area contributed by atoms with Crippen molar-refractivity contribution in [2.45, 2.75) is 90.5 Å². The van der Waals surface area contributed by atoms with Crippen LogP contribution in [0.15, 0.2) is 36.5 Å². The van der Waals surface area contributed by atoms with Gasteiger partial charge in [0.25, 0.3) is 0 Å². The van der Waals surface area contributed by atoms with Crippen LogP contribution in [0, 0.1) is 19.8 Å². The fourth-order valence-corrected chi connectivity index (χ4v) is 5.70. The van der Waals surface area contributed by atoms with Crippen molar-refractivity contribution in [1.82, 2.24) is 9.97 Å². The van der Waals surface area contributed by atoms with E-state index in [4.69, 9.17) is 17.3 Å². The smallest absolute Gasteiger partial charge is 0.124 e. The molecule has 2 heterocycles. The third-order valence-corrected chi connectivity index (χ3v) is 7.54. The van der Waals surface area contributed by atoms with Gasteiger partial charge in [-0.1, -0.05) is 69.0 Å². The van der Waals surface area contributed by atoms with Crippen molar-refractivity contribution in [3.63, 3.8) is 0 Å². The molecular weight excluding hydrogens is 440 g/mol. The Labute approximate surface area is 209 Å². The summed E-state index contributed by atoms with van der Waals surface area (Å²) in [6.07, 6.45) is 15.8. The highest BCUT2D eigenvalue weighted by Gasteiger charge is 2.16. The zero-order chi connectivity index (χ0) is 23.9.